The third-order valence-corrected chi connectivity index (χ3v) is 5.95. The van der Waals surface area contributed by atoms with Crippen LogP contribution < -0.4 is 4.31 Å². The van der Waals surface area contributed by atoms with Gasteiger partial charge in [-0.05, 0) is 61.9 Å². The van der Waals surface area contributed by atoms with Gasteiger partial charge in [-0.1, -0.05) is 42.5 Å². The van der Waals surface area contributed by atoms with E-state index in [1.165, 1.54) is 4.31 Å². The van der Waals surface area contributed by atoms with Gasteiger partial charge in [0, 0.05) is 18.5 Å². The van der Waals surface area contributed by atoms with Crippen molar-refractivity contribution in [2.75, 3.05) is 10.8 Å². The van der Waals surface area contributed by atoms with E-state index in [2.05, 4.69) is 0 Å². The predicted octanol–water partition coefficient (Wildman–Crippen LogP) is 5.41. The number of hydrogen-bond donors (Lipinski definition) is 1. The summed E-state index contributed by atoms with van der Waals surface area (Å²) in [5, 5.41) is 1.91. The molecule has 0 saturated carbocycles. The first-order valence-corrected chi connectivity index (χ1v) is 11.3. The number of benzene rings is 3. The van der Waals surface area contributed by atoms with Crippen molar-refractivity contribution >= 4 is 39.5 Å². The van der Waals surface area contributed by atoms with E-state index in [9.17, 15) is 13.6 Å². The second-order valence-corrected chi connectivity index (χ2v) is 9.45. The van der Waals surface area contributed by atoms with Crippen molar-refractivity contribution in [1.29, 1.82) is 0 Å². The molecule has 0 radical (unpaired) electrons. The number of carbonyl (C=O) groups excluding carboxylic acids is 1. The number of anilines is 2. The smallest absolute Gasteiger partial charge is 0.410 e. The molecule has 1 unspecified atom stereocenters. The van der Waals surface area contributed by atoms with Crippen LogP contribution in [-0.4, -0.2) is 31.9 Å². The van der Waals surface area contributed by atoms with Crippen molar-refractivity contribution in [3.8, 4) is 0 Å². The molecule has 1 N–H and O–H groups in total. The first-order chi connectivity index (χ1) is 14.7. The maximum Gasteiger partial charge on any atom is 0.410 e. The quantitative estimate of drug-likeness (QED) is 0.555. The highest BCUT2D eigenvalue weighted by molar-refractivity contribution is 7.81. The van der Waals surface area contributed by atoms with Gasteiger partial charge in [-0.3, -0.25) is 4.55 Å². The van der Waals surface area contributed by atoms with E-state index in [1.54, 1.807) is 4.90 Å². The molecular weight excluding hydrogens is 412 g/mol. The highest BCUT2D eigenvalue weighted by atomic mass is 32.2. The molecule has 0 aliphatic carbocycles. The van der Waals surface area contributed by atoms with Crippen LogP contribution in [0.2, 0.25) is 0 Å². The zero-order chi connectivity index (χ0) is 22.2. The van der Waals surface area contributed by atoms with Gasteiger partial charge in [-0.25, -0.2) is 13.3 Å². The Labute approximate surface area is 184 Å². The Bertz CT molecular complexity index is 1150. The lowest BCUT2D eigenvalue weighted by Gasteiger charge is -2.32. The van der Waals surface area contributed by atoms with Gasteiger partial charge in [-0.15, -0.1) is 0 Å². The Balaban J connectivity index is 1.65. The SMILES string of the molecule is CC(C)(C)OC(=O)N1CCc2cc(N(c3cccc4ccccc34)S(=O)O)ccc2C1. The van der Waals surface area contributed by atoms with Crippen LogP contribution in [0.5, 0.6) is 0 Å². The van der Waals surface area contributed by atoms with Gasteiger partial charge in [0.15, 0.2) is 0 Å². The minimum absolute atomic E-state index is 0.323. The van der Waals surface area contributed by atoms with E-state index in [1.807, 2.05) is 81.4 Å². The Hall–Kier alpha value is -2.90. The average molecular weight is 439 g/mol. The summed E-state index contributed by atoms with van der Waals surface area (Å²) in [5.41, 5.74) is 2.85. The molecule has 4 rings (SSSR count). The molecule has 31 heavy (non-hydrogen) atoms. The molecule has 162 valence electrons. The summed E-state index contributed by atoms with van der Waals surface area (Å²) in [6, 6.07) is 19.2. The molecule has 0 bridgehead atoms. The van der Waals surface area contributed by atoms with Crippen molar-refractivity contribution in [3.63, 3.8) is 0 Å². The number of rotatable bonds is 3. The molecule has 7 heteroatoms. The third-order valence-electron chi connectivity index (χ3n) is 5.23. The molecule has 3 aromatic carbocycles. The maximum atomic E-state index is 12.4. The van der Waals surface area contributed by atoms with Gasteiger partial charge < -0.3 is 9.64 Å². The lowest BCUT2D eigenvalue weighted by molar-refractivity contribution is 0.0224. The summed E-state index contributed by atoms with van der Waals surface area (Å²) in [6.45, 7) is 6.56. The van der Waals surface area contributed by atoms with Gasteiger partial charge in [0.05, 0.1) is 11.4 Å². The number of nitrogens with zero attached hydrogens (tertiary/aromatic N) is 2. The fraction of sp³-hybridized carbons (Fsp3) is 0.292. The molecule has 0 aromatic heterocycles. The molecule has 1 atom stereocenters. The van der Waals surface area contributed by atoms with E-state index < -0.39 is 16.9 Å². The maximum absolute atomic E-state index is 12.4. The van der Waals surface area contributed by atoms with E-state index in [-0.39, 0.29) is 6.09 Å². The molecule has 1 aliphatic heterocycles. The minimum atomic E-state index is -2.24. The number of amides is 1. The Morgan fingerprint density at radius 1 is 1.06 bits per heavy atom. The number of hydrogen-bond acceptors (Lipinski definition) is 3. The summed E-state index contributed by atoms with van der Waals surface area (Å²) in [6.07, 6.45) is 0.334. The molecule has 0 saturated heterocycles. The zero-order valence-electron chi connectivity index (χ0n) is 17.9. The van der Waals surface area contributed by atoms with Crippen LogP contribution in [0.4, 0.5) is 16.2 Å². The van der Waals surface area contributed by atoms with Crippen LogP contribution in [0.25, 0.3) is 10.8 Å². The third kappa shape index (κ3) is 4.57. The fourth-order valence-corrected chi connectivity index (χ4v) is 4.47. The number of ether oxygens (including phenoxy) is 1. The highest BCUT2D eigenvalue weighted by Crippen LogP contribution is 2.35. The molecule has 0 spiro atoms. The zero-order valence-corrected chi connectivity index (χ0v) is 18.7. The molecule has 1 aliphatic rings. The normalized spacial score (nSPS) is 14.8. The van der Waals surface area contributed by atoms with Gasteiger partial charge in [0.2, 0.25) is 0 Å². The van der Waals surface area contributed by atoms with Gasteiger partial charge >= 0.3 is 6.09 Å². The topological polar surface area (TPSA) is 70.1 Å². The summed E-state index contributed by atoms with van der Waals surface area (Å²) < 4.78 is 29.4. The summed E-state index contributed by atoms with van der Waals surface area (Å²) in [5.74, 6) is 0. The fourth-order valence-electron chi connectivity index (χ4n) is 3.85. The lowest BCUT2D eigenvalue weighted by Crippen LogP contribution is -2.39. The second-order valence-electron chi connectivity index (χ2n) is 8.63. The largest absolute Gasteiger partial charge is 0.444 e. The van der Waals surface area contributed by atoms with Crippen molar-refractivity contribution in [3.05, 3.63) is 71.8 Å². The van der Waals surface area contributed by atoms with Gasteiger partial charge in [0.25, 0.3) is 11.3 Å². The molecular formula is C24H26N2O4S. The van der Waals surface area contributed by atoms with Crippen LogP contribution >= 0.6 is 0 Å². The summed E-state index contributed by atoms with van der Waals surface area (Å²) in [4.78, 5) is 14.1. The first kappa shape index (κ1) is 21.3. The summed E-state index contributed by atoms with van der Waals surface area (Å²) in [7, 11) is 0. The monoisotopic (exact) mass is 438 g/mol. The Morgan fingerprint density at radius 3 is 2.55 bits per heavy atom. The second kappa shape index (κ2) is 8.32. The number of fused-ring (bicyclic) bond motifs is 2. The van der Waals surface area contributed by atoms with E-state index in [4.69, 9.17) is 4.74 Å². The van der Waals surface area contributed by atoms with Crippen molar-refractivity contribution < 1.29 is 18.3 Å². The first-order valence-electron chi connectivity index (χ1n) is 10.2. The van der Waals surface area contributed by atoms with Crippen molar-refractivity contribution in [2.24, 2.45) is 0 Å². The molecule has 6 nitrogen and oxygen atoms in total. The number of carbonyl (C=O) groups is 1. The molecule has 0 fully saturated rings. The summed E-state index contributed by atoms with van der Waals surface area (Å²) >= 11 is -2.24. The average Bonchev–Trinajstić information content (AvgIpc) is 2.72. The van der Waals surface area contributed by atoms with Gasteiger partial charge in [-0.2, -0.15) is 0 Å². The Kier molecular flexibility index (Phi) is 5.73. The van der Waals surface area contributed by atoms with Gasteiger partial charge in [0.1, 0.15) is 5.60 Å². The molecule has 3 aromatic rings. The van der Waals surface area contributed by atoms with Crippen LogP contribution in [0.3, 0.4) is 0 Å². The van der Waals surface area contributed by atoms with Crippen LogP contribution in [-0.2, 0) is 29.0 Å². The Morgan fingerprint density at radius 2 is 1.81 bits per heavy atom. The standard InChI is InChI=1S/C24H26N2O4S/c1-24(2,3)30-23(27)25-14-13-18-15-20(12-11-19(18)16-25)26(31(28)29)22-10-6-8-17-7-4-5-9-21(17)22/h4-12,15H,13-14,16H2,1-3H3,(H,28,29). The van der Waals surface area contributed by atoms with Crippen LogP contribution in [0.15, 0.2) is 60.7 Å². The van der Waals surface area contributed by atoms with Crippen molar-refractivity contribution in [2.45, 2.75) is 39.3 Å². The predicted molar refractivity (Wildman–Crippen MR) is 124 cm³/mol. The van der Waals surface area contributed by atoms with Crippen LogP contribution in [0, 0.1) is 0 Å². The van der Waals surface area contributed by atoms with Crippen molar-refractivity contribution in [1.82, 2.24) is 4.90 Å². The van der Waals surface area contributed by atoms with E-state index in [0.717, 1.165) is 21.9 Å². The highest BCUT2D eigenvalue weighted by Gasteiger charge is 2.27. The molecule has 1 amide bonds. The van der Waals surface area contributed by atoms with E-state index in [0.29, 0.717) is 30.9 Å². The molecule has 1 heterocycles. The lowest BCUT2D eigenvalue weighted by atomic mass is 9.99. The van der Waals surface area contributed by atoms with Crippen LogP contribution in [0.1, 0.15) is 31.9 Å². The van der Waals surface area contributed by atoms with E-state index >= 15 is 0 Å². The minimum Gasteiger partial charge on any atom is -0.444 e.